The van der Waals surface area contributed by atoms with Crippen LogP contribution in [-0.4, -0.2) is 12.6 Å². The Hall–Kier alpha value is -0.340. The predicted octanol–water partition coefficient (Wildman–Crippen LogP) is 4.19. The minimum Gasteiger partial charge on any atom is -0.313 e. The first kappa shape index (κ1) is 14.1. The lowest BCUT2D eigenvalue weighted by Crippen LogP contribution is -2.38. The summed E-state index contributed by atoms with van der Waals surface area (Å²) >= 11 is 3.56. The van der Waals surface area contributed by atoms with E-state index in [2.05, 4.69) is 60.2 Å². The molecule has 0 heterocycles. The largest absolute Gasteiger partial charge is 0.313 e. The van der Waals surface area contributed by atoms with E-state index in [1.807, 2.05) is 0 Å². The van der Waals surface area contributed by atoms with Crippen molar-refractivity contribution in [2.24, 2.45) is 11.8 Å². The first-order valence-electron chi connectivity index (χ1n) is 7.07. The molecule has 1 aliphatic rings. The monoisotopic (exact) mass is 309 g/mol. The maximum Gasteiger partial charge on any atom is 0.0178 e. The molecule has 1 nitrogen and oxygen atoms in total. The van der Waals surface area contributed by atoms with Crippen LogP contribution >= 0.6 is 15.9 Å². The van der Waals surface area contributed by atoms with Gasteiger partial charge in [-0.05, 0) is 60.9 Å². The lowest BCUT2D eigenvalue weighted by molar-refractivity contribution is 0.353. The zero-order chi connectivity index (χ0) is 13.1. The summed E-state index contributed by atoms with van der Waals surface area (Å²) in [6.45, 7) is 8.10. The molecule has 0 aliphatic heterocycles. The van der Waals surface area contributed by atoms with Gasteiger partial charge < -0.3 is 5.32 Å². The predicted molar refractivity (Wildman–Crippen MR) is 82.0 cm³/mol. The summed E-state index contributed by atoms with van der Waals surface area (Å²) in [5.41, 5.74) is 3.05. The first-order chi connectivity index (χ1) is 8.56. The third-order valence-electron chi connectivity index (χ3n) is 4.26. The van der Waals surface area contributed by atoms with Crippen molar-refractivity contribution < 1.29 is 0 Å². The van der Waals surface area contributed by atoms with Crippen molar-refractivity contribution in [1.29, 1.82) is 0 Å². The number of hydrogen-bond donors (Lipinski definition) is 1. The van der Waals surface area contributed by atoms with E-state index in [-0.39, 0.29) is 0 Å². The number of nitrogens with one attached hydrogen (secondary N) is 1. The van der Waals surface area contributed by atoms with Crippen molar-refractivity contribution in [3.63, 3.8) is 0 Å². The second-order valence-corrected chi connectivity index (χ2v) is 6.90. The quantitative estimate of drug-likeness (QED) is 0.879. The highest BCUT2D eigenvalue weighted by Gasteiger charge is 2.19. The molecule has 2 heteroatoms. The fourth-order valence-electron chi connectivity index (χ4n) is 2.49. The van der Waals surface area contributed by atoms with Crippen LogP contribution in [0.4, 0.5) is 0 Å². The fourth-order valence-corrected chi connectivity index (χ4v) is 2.89. The van der Waals surface area contributed by atoms with Crippen molar-refractivity contribution in [2.45, 2.75) is 46.1 Å². The minimum absolute atomic E-state index is 0.667. The van der Waals surface area contributed by atoms with E-state index in [9.17, 15) is 0 Å². The maximum absolute atomic E-state index is 3.75. The van der Waals surface area contributed by atoms with Crippen molar-refractivity contribution in [2.75, 3.05) is 6.54 Å². The van der Waals surface area contributed by atoms with Crippen LogP contribution in [0.2, 0.25) is 0 Å². The molecule has 0 saturated heterocycles. The Bertz CT molecular complexity index is 400. The Morgan fingerprint density at radius 1 is 1.28 bits per heavy atom. The van der Waals surface area contributed by atoms with Gasteiger partial charge in [-0.3, -0.25) is 0 Å². The highest BCUT2D eigenvalue weighted by Crippen LogP contribution is 2.25. The SMILES string of the molecule is CC(C)C(C)CNC1CCc2cc(Br)ccc2C1. The molecule has 2 atom stereocenters. The third-order valence-corrected chi connectivity index (χ3v) is 4.76. The Morgan fingerprint density at radius 3 is 2.78 bits per heavy atom. The van der Waals surface area contributed by atoms with Gasteiger partial charge in [-0.2, -0.15) is 0 Å². The normalized spacial score (nSPS) is 20.8. The Balaban J connectivity index is 1.90. The van der Waals surface area contributed by atoms with Crippen LogP contribution in [-0.2, 0) is 12.8 Å². The van der Waals surface area contributed by atoms with E-state index in [1.54, 1.807) is 0 Å². The molecule has 1 aliphatic carbocycles. The van der Waals surface area contributed by atoms with Crippen LogP contribution in [0, 0.1) is 11.8 Å². The van der Waals surface area contributed by atoms with Crippen LogP contribution < -0.4 is 5.32 Å². The van der Waals surface area contributed by atoms with Gasteiger partial charge in [0.1, 0.15) is 0 Å². The summed E-state index contributed by atoms with van der Waals surface area (Å²) in [6, 6.07) is 7.39. The van der Waals surface area contributed by atoms with Gasteiger partial charge in [-0.15, -0.1) is 0 Å². The molecule has 0 spiro atoms. The Morgan fingerprint density at radius 2 is 2.06 bits per heavy atom. The van der Waals surface area contributed by atoms with Gasteiger partial charge in [-0.1, -0.05) is 42.8 Å². The molecule has 18 heavy (non-hydrogen) atoms. The number of fused-ring (bicyclic) bond motifs is 1. The second kappa shape index (κ2) is 6.21. The van der Waals surface area contributed by atoms with Gasteiger partial charge in [-0.25, -0.2) is 0 Å². The van der Waals surface area contributed by atoms with E-state index in [0.717, 1.165) is 18.4 Å². The number of aryl methyl sites for hydroxylation is 1. The van der Waals surface area contributed by atoms with Gasteiger partial charge in [0.25, 0.3) is 0 Å². The zero-order valence-electron chi connectivity index (χ0n) is 11.7. The Labute approximate surface area is 119 Å². The molecule has 1 aromatic carbocycles. The summed E-state index contributed by atoms with van der Waals surface area (Å²) in [5, 5.41) is 3.75. The average Bonchev–Trinajstić information content (AvgIpc) is 2.35. The van der Waals surface area contributed by atoms with Gasteiger partial charge >= 0.3 is 0 Å². The molecule has 0 radical (unpaired) electrons. The average molecular weight is 310 g/mol. The van der Waals surface area contributed by atoms with E-state index in [1.165, 1.54) is 34.9 Å². The Kier molecular flexibility index (Phi) is 4.85. The molecule has 1 aromatic rings. The molecule has 2 rings (SSSR count). The van der Waals surface area contributed by atoms with Crippen LogP contribution in [0.3, 0.4) is 0 Å². The van der Waals surface area contributed by atoms with Crippen molar-refractivity contribution in [3.05, 3.63) is 33.8 Å². The van der Waals surface area contributed by atoms with Gasteiger partial charge in [0.15, 0.2) is 0 Å². The number of halogens is 1. The van der Waals surface area contributed by atoms with Gasteiger partial charge in [0.2, 0.25) is 0 Å². The number of hydrogen-bond acceptors (Lipinski definition) is 1. The molecule has 0 amide bonds. The topological polar surface area (TPSA) is 12.0 Å². The van der Waals surface area contributed by atoms with Crippen LogP contribution in [0.1, 0.15) is 38.3 Å². The lowest BCUT2D eigenvalue weighted by atomic mass is 9.88. The maximum atomic E-state index is 3.75. The molecule has 0 saturated carbocycles. The zero-order valence-corrected chi connectivity index (χ0v) is 13.3. The summed E-state index contributed by atoms with van der Waals surface area (Å²) in [6.07, 6.45) is 3.67. The highest BCUT2D eigenvalue weighted by molar-refractivity contribution is 9.10. The van der Waals surface area contributed by atoms with Crippen molar-refractivity contribution >= 4 is 15.9 Å². The molecule has 2 unspecified atom stereocenters. The minimum atomic E-state index is 0.667. The van der Waals surface area contributed by atoms with E-state index < -0.39 is 0 Å². The van der Waals surface area contributed by atoms with Crippen molar-refractivity contribution in [1.82, 2.24) is 5.32 Å². The molecule has 100 valence electrons. The number of rotatable bonds is 4. The smallest absolute Gasteiger partial charge is 0.0178 e. The summed E-state index contributed by atoms with van der Waals surface area (Å²) < 4.78 is 1.21. The van der Waals surface area contributed by atoms with Crippen LogP contribution in [0.15, 0.2) is 22.7 Å². The van der Waals surface area contributed by atoms with E-state index in [4.69, 9.17) is 0 Å². The summed E-state index contributed by atoms with van der Waals surface area (Å²) in [7, 11) is 0. The first-order valence-corrected chi connectivity index (χ1v) is 7.86. The fraction of sp³-hybridized carbons (Fsp3) is 0.625. The molecular weight excluding hydrogens is 286 g/mol. The standard InChI is InChI=1S/C16H24BrN/c1-11(2)12(3)10-18-16-7-5-13-8-15(17)6-4-14(13)9-16/h4,6,8,11-12,16,18H,5,7,9-10H2,1-3H3. The van der Waals surface area contributed by atoms with Gasteiger partial charge in [0, 0.05) is 10.5 Å². The second-order valence-electron chi connectivity index (χ2n) is 5.98. The molecule has 0 bridgehead atoms. The summed E-state index contributed by atoms with van der Waals surface area (Å²) in [5.74, 6) is 1.53. The molecular formula is C16H24BrN. The molecule has 0 fully saturated rings. The molecule has 1 N–H and O–H groups in total. The summed E-state index contributed by atoms with van der Waals surface area (Å²) in [4.78, 5) is 0. The van der Waals surface area contributed by atoms with Crippen molar-refractivity contribution in [3.8, 4) is 0 Å². The van der Waals surface area contributed by atoms with E-state index in [0.29, 0.717) is 6.04 Å². The van der Waals surface area contributed by atoms with E-state index >= 15 is 0 Å². The third kappa shape index (κ3) is 3.58. The van der Waals surface area contributed by atoms with Crippen LogP contribution in [0.5, 0.6) is 0 Å². The van der Waals surface area contributed by atoms with Gasteiger partial charge in [0.05, 0.1) is 0 Å². The van der Waals surface area contributed by atoms with Crippen LogP contribution in [0.25, 0.3) is 0 Å². The number of benzene rings is 1. The highest BCUT2D eigenvalue weighted by atomic mass is 79.9. The lowest BCUT2D eigenvalue weighted by Gasteiger charge is -2.28. The molecule has 0 aromatic heterocycles.